The van der Waals surface area contributed by atoms with Crippen LogP contribution in [0, 0.1) is 0 Å². The van der Waals surface area contributed by atoms with Crippen molar-refractivity contribution in [2.75, 3.05) is 0 Å². The highest BCUT2D eigenvalue weighted by Crippen LogP contribution is 1.91. The van der Waals surface area contributed by atoms with E-state index in [0.29, 0.717) is 6.54 Å². The van der Waals surface area contributed by atoms with Gasteiger partial charge >= 0.3 is 0 Å². The minimum Gasteiger partial charge on any atom is -0.351 e. The molecule has 1 heterocycles. The summed E-state index contributed by atoms with van der Waals surface area (Å²) in [5.41, 5.74) is 0.878. The first-order valence-electron chi connectivity index (χ1n) is 3.41. The van der Waals surface area contributed by atoms with Gasteiger partial charge < -0.3 is 5.32 Å². The average Bonchev–Trinajstić information content (AvgIpc) is 2.31. The zero-order valence-electron chi connectivity index (χ0n) is 6.66. The van der Waals surface area contributed by atoms with Gasteiger partial charge in [-0.3, -0.25) is 9.48 Å². The Balaban J connectivity index is 2.45. The van der Waals surface area contributed by atoms with E-state index in [1.54, 1.807) is 4.68 Å². The predicted molar refractivity (Wildman–Crippen MR) is 40.7 cm³/mol. The summed E-state index contributed by atoms with van der Waals surface area (Å²) in [6.07, 6.45) is 1.84. The Bertz CT molecular complexity index is 254. The van der Waals surface area contributed by atoms with Crippen LogP contribution in [0.1, 0.15) is 12.6 Å². The van der Waals surface area contributed by atoms with Crippen LogP contribution in [0.25, 0.3) is 0 Å². The molecule has 4 nitrogen and oxygen atoms in total. The Morgan fingerprint density at radius 2 is 2.55 bits per heavy atom. The van der Waals surface area contributed by atoms with Gasteiger partial charge in [0.05, 0.1) is 12.2 Å². The highest BCUT2D eigenvalue weighted by molar-refractivity contribution is 5.72. The molecule has 1 N–H and O–H groups in total. The minimum absolute atomic E-state index is 0.0318. The van der Waals surface area contributed by atoms with Gasteiger partial charge in [-0.15, -0.1) is 0 Å². The van der Waals surface area contributed by atoms with Gasteiger partial charge in [0.25, 0.3) is 0 Å². The number of nitrogens with one attached hydrogen (secondary N) is 1. The van der Waals surface area contributed by atoms with Crippen molar-refractivity contribution in [3.05, 3.63) is 18.0 Å². The van der Waals surface area contributed by atoms with E-state index in [1.807, 2.05) is 19.3 Å². The molecule has 0 saturated heterocycles. The molecular weight excluding hydrogens is 142 g/mol. The molecule has 0 unspecified atom stereocenters. The van der Waals surface area contributed by atoms with E-state index in [1.165, 1.54) is 6.92 Å². The summed E-state index contributed by atoms with van der Waals surface area (Å²) < 4.78 is 1.71. The van der Waals surface area contributed by atoms with E-state index in [0.717, 1.165) is 5.69 Å². The molecule has 0 aliphatic rings. The molecule has 1 rings (SSSR count). The monoisotopic (exact) mass is 153 g/mol. The van der Waals surface area contributed by atoms with Gasteiger partial charge in [0.15, 0.2) is 0 Å². The molecule has 4 heteroatoms. The first-order valence-corrected chi connectivity index (χ1v) is 3.41. The molecule has 0 radical (unpaired) electrons. The Morgan fingerprint density at radius 3 is 3.00 bits per heavy atom. The smallest absolute Gasteiger partial charge is 0.217 e. The topological polar surface area (TPSA) is 46.9 Å². The molecule has 0 atom stereocenters. The summed E-state index contributed by atoms with van der Waals surface area (Å²) in [6.45, 7) is 2.00. The molecule has 60 valence electrons. The summed E-state index contributed by atoms with van der Waals surface area (Å²) in [6, 6.07) is 1.87. The van der Waals surface area contributed by atoms with Crippen LogP contribution in [0.2, 0.25) is 0 Å². The van der Waals surface area contributed by atoms with Crippen molar-refractivity contribution in [3.8, 4) is 0 Å². The van der Waals surface area contributed by atoms with Crippen LogP contribution in [-0.4, -0.2) is 15.7 Å². The van der Waals surface area contributed by atoms with Crippen molar-refractivity contribution < 1.29 is 4.79 Å². The van der Waals surface area contributed by atoms with Crippen molar-refractivity contribution in [1.29, 1.82) is 0 Å². The summed E-state index contributed by atoms with van der Waals surface area (Å²) in [5, 5.41) is 6.74. The molecule has 1 aromatic rings. The molecule has 0 saturated carbocycles. The summed E-state index contributed by atoms with van der Waals surface area (Å²) >= 11 is 0. The molecule has 0 aromatic carbocycles. The normalized spacial score (nSPS) is 9.64. The third-order valence-corrected chi connectivity index (χ3v) is 1.29. The van der Waals surface area contributed by atoms with Crippen LogP contribution in [0.5, 0.6) is 0 Å². The number of hydrogen-bond donors (Lipinski definition) is 1. The van der Waals surface area contributed by atoms with Gasteiger partial charge in [0, 0.05) is 20.2 Å². The number of amides is 1. The Labute approximate surface area is 65.2 Å². The molecule has 1 amide bonds. The van der Waals surface area contributed by atoms with E-state index >= 15 is 0 Å². The maximum absolute atomic E-state index is 10.5. The van der Waals surface area contributed by atoms with E-state index in [4.69, 9.17) is 0 Å². The van der Waals surface area contributed by atoms with E-state index in [-0.39, 0.29) is 5.91 Å². The van der Waals surface area contributed by atoms with Gasteiger partial charge in [-0.2, -0.15) is 5.10 Å². The van der Waals surface area contributed by atoms with Crippen LogP contribution in [-0.2, 0) is 18.4 Å². The number of nitrogens with zero attached hydrogens (tertiary/aromatic N) is 2. The van der Waals surface area contributed by atoms with Crippen molar-refractivity contribution >= 4 is 5.91 Å². The summed E-state index contributed by atoms with van der Waals surface area (Å²) in [5.74, 6) is -0.0318. The molecule has 0 aliphatic heterocycles. The van der Waals surface area contributed by atoms with Crippen LogP contribution in [0.3, 0.4) is 0 Å². The maximum atomic E-state index is 10.5. The number of hydrogen-bond acceptors (Lipinski definition) is 2. The average molecular weight is 153 g/mol. The number of carbonyl (C=O) groups excluding carboxylic acids is 1. The first-order chi connectivity index (χ1) is 5.18. The lowest BCUT2D eigenvalue weighted by atomic mass is 10.4. The fourth-order valence-electron chi connectivity index (χ4n) is 0.772. The Kier molecular flexibility index (Phi) is 2.25. The second-order valence-electron chi connectivity index (χ2n) is 2.39. The lowest BCUT2D eigenvalue weighted by molar-refractivity contribution is -0.119. The third kappa shape index (κ3) is 2.41. The second-order valence-corrected chi connectivity index (χ2v) is 2.39. The standard InChI is InChI=1S/C7H11N3O/c1-6(11)8-5-7-3-4-10(2)9-7/h3-4H,5H2,1-2H3,(H,8,11). The number of rotatable bonds is 2. The molecular formula is C7H11N3O. The quantitative estimate of drug-likeness (QED) is 0.653. The molecule has 1 aromatic heterocycles. The fraction of sp³-hybridized carbons (Fsp3) is 0.429. The zero-order chi connectivity index (χ0) is 8.27. The minimum atomic E-state index is -0.0318. The second kappa shape index (κ2) is 3.18. The van der Waals surface area contributed by atoms with Crippen LogP contribution in [0.4, 0.5) is 0 Å². The molecule has 11 heavy (non-hydrogen) atoms. The third-order valence-electron chi connectivity index (χ3n) is 1.29. The SMILES string of the molecule is CC(=O)NCc1ccn(C)n1. The van der Waals surface area contributed by atoms with Crippen molar-refractivity contribution in [2.45, 2.75) is 13.5 Å². The molecule has 0 fully saturated rings. The number of aryl methyl sites for hydroxylation is 1. The fourth-order valence-corrected chi connectivity index (χ4v) is 0.772. The van der Waals surface area contributed by atoms with Gasteiger partial charge in [-0.05, 0) is 6.07 Å². The van der Waals surface area contributed by atoms with Crippen molar-refractivity contribution in [2.24, 2.45) is 7.05 Å². The van der Waals surface area contributed by atoms with Crippen molar-refractivity contribution in [1.82, 2.24) is 15.1 Å². The first kappa shape index (κ1) is 7.78. The number of carbonyl (C=O) groups is 1. The summed E-state index contributed by atoms with van der Waals surface area (Å²) in [7, 11) is 1.84. The van der Waals surface area contributed by atoms with Crippen LogP contribution in [0.15, 0.2) is 12.3 Å². The van der Waals surface area contributed by atoms with Gasteiger partial charge in [0.1, 0.15) is 0 Å². The van der Waals surface area contributed by atoms with Gasteiger partial charge in [-0.1, -0.05) is 0 Å². The predicted octanol–water partition coefficient (Wildman–Crippen LogP) is 0.0562. The van der Waals surface area contributed by atoms with Gasteiger partial charge in [-0.25, -0.2) is 0 Å². The van der Waals surface area contributed by atoms with Gasteiger partial charge in [0.2, 0.25) is 5.91 Å². The molecule has 0 aliphatic carbocycles. The highest BCUT2D eigenvalue weighted by Gasteiger charge is 1.96. The molecule has 0 bridgehead atoms. The lowest BCUT2D eigenvalue weighted by Crippen LogP contribution is -2.19. The van der Waals surface area contributed by atoms with Crippen LogP contribution >= 0.6 is 0 Å². The molecule has 0 spiro atoms. The number of aromatic nitrogens is 2. The Morgan fingerprint density at radius 1 is 1.82 bits per heavy atom. The maximum Gasteiger partial charge on any atom is 0.217 e. The van der Waals surface area contributed by atoms with Crippen molar-refractivity contribution in [3.63, 3.8) is 0 Å². The van der Waals surface area contributed by atoms with E-state index in [2.05, 4.69) is 10.4 Å². The largest absolute Gasteiger partial charge is 0.351 e. The summed E-state index contributed by atoms with van der Waals surface area (Å²) in [4.78, 5) is 10.5. The lowest BCUT2D eigenvalue weighted by Gasteiger charge is -1.96. The highest BCUT2D eigenvalue weighted by atomic mass is 16.1. The van der Waals surface area contributed by atoms with E-state index < -0.39 is 0 Å². The Hall–Kier alpha value is -1.32. The van der Waals surface area contributed by atoms with E-state index in [9.17, 15) is 4.79 Å². The van der Waals surface area contributed by atoms with Crippen LogP contribution < -0.4 is 5.32 Å². The zero-order valence-corrected chi connectivity index (χ0v) is 6.66.